The summed E-state index contributed by atoms with van der Waals surface area (Å²) in [5, 5.41) is 3.25. The number of nitrogens with one attached hydrogen (secondary N) is 1. The molecule has 3 aromatic carbocycles. The van der Waals surface area contributed by atoms with Crippen LogP contribution >= 0.6 is 34.2 Å². The molecule has 0 saturated heterocycles. The van der Waals surface area contributed by atoms with Crippen LogP contribution in [0.1, 0.15) is 0 Å². The van der Waals surface area contributed by atoms with Crippen molar-refractivity contribution in [3.63, 3.8) is 0 Å². The van der Waals surface area contributed by atoms with Gasteiger partial charge < -0.3 is 5.32 Å². The molecule has 0 bridgehead atoms. The van der Waals surface area contributed by atoms with Crippen molar-refractivity contribution in [2.75, 3.05) is 16.2 Å². The molecular formula is C20H16ClIN2O3S. The lowest BCUT2D eigenvalue weighted by Crippen LogP contribution is -2.38. The Bertz CT molecular complexity index is 1060. The second kappa shape index (κ2) is 8.93. The van der Waals surface area contributed by atoms with Crippen molar-refractivity contribution in [2.24, 2.45) is 0 Å². The highest BCUT2D eigenvalue weighted by Gasteiger charge is 2.27. The molecule has 3 rings (SSSR count). The van der Waals surface area contributed by atoms with Crippen LogP contribution in [0.4, 0.5) is 11.4 Å². The van der Waals surface area contributed by atoms with Gasteiger partial charge in [-0.15, -0.1) is 0 Å². The number of amides is 1. The number of benzene rings is 3. The molecular weight excluding hydrogens is 511 g/mol. The lowest BCUT2D eigenvalue weighted by molar-refractivity contribution is -0.114. The van der Waals surface area contributed by atoms with Crippen LogP contribution in [0.25, 0.3) is 0 Å². The maximum atomic E-state index is 13.2. The number of anilines is 2. The first-order valence-electron chi connectivity index (χ1n) is 8.25. The van der Waals surface area contributed by atoms with Crippen molar-refractivity contribution < 1.29 is 13.2 Å². The summed E-state index contributed by atoms with van der Waals surface area (Å²) in [6.45, 7) is -0.361. The van der Waals surface area contributed by atoms with Gasteiger partial charge in [0.1, 0.15) is 6.54 Å². The van der Waals surface area contributed by atoms with Crippen LogP contribution < -0.4 is 9.62 Å². The van der Waals surface area contributed by atoms with E-state index in [4.69, 9.17) is 11.6 Å². The molecule has 0 aromatic heterocycles. The maximum Gasteiger partial charge on any atom is 0.264 e. The van der Waals surface area contributed by atoms with E-state index in [2.05, 4.69) is 27.9 Å². The zero-order chi connectivity index (χ0) is 20.1. The van der Waals surface area contributed by atoms with Crippen LogP contribution in [0.5, 0.6) is 0 Å². The summed E-state index contributed by atoms with van der Waals surface area (Å²) in [6.07, 6.45) is 0. The molecule has 0 radical (unpaired) electrons. The molecule has 144 valence electrons. The first-order chi connectivity index (χ1) is 13.4. The highest BCUT2D eigenvalue weighted by Crippen LogP contribution is 2.24. The molecule has 0 fully saturated rings. The van der Waals surface area contributed by atoms with Crippen LogP contribution in [0, 0.1) is 3.57 Å². The molecule has 8 heteroatoms. The number of nitrogens with zero attached hydrogens (tertiary/aromatic N) is 1. The van der Waals surface area contributed by atoms with Crippen molar-refractivity contribution in [3.05, 3.63) is 87.5 Å². The average Bonchev–Trinajstić information content (AvgIpc) is 2.69. The minimum atomic E-state index is -3.91. The SMILES string of the molecule is O=C(CN(c1ccc(I)cc1)S(=O)(=O)c1ccccc1)Nc1ccc(Cl)cc1. The van der Waals surface area contributed by atoms with Crippen molar-refractivity contribution in [3.8, 4) is 0 Å². The smallest absolute Gasteiger partial charge is 0.264 e. The van der Waals surface area contributed by atoms with Gasteiger partial charge >= 0.3 is 0 Å². The Morgan fingerprint density at radius 2 is 1.54 bits per heavy atom. The Morgan fingerprint density at radius 3 is 2.14 bits per heavy atom. The summed E-state index contributed by atoms with van der Waals surface area (Å²) in [4.78, 5) is 12.7. The molecule has 3 aromatic rings. The summed E-state index contributed by atoms with van der Waals surface area (Å²) in [5.74, 6) is -0.458. The molecule has 0 heterocycles. The van der Waals surface area contributed by atoms with Gasteiger partial charge in [-0.2, -0.15) is 0 Å². The van der Waals surface area contributed by atoms with E-state index in [1.807, 2.05) is 0 Å². The van der Waals surface area contributed by atoms with Gasteiger partial charge in [-0.05, 0) is 83.3 Å². The van der Waals surface area contributed by atoms with Gasteiger partial charge in [0.05, 0.1) is 10.6 Å². The highest BCUT2D eigenvalue weighted by atomic mass is 127. The zero-order valence-corrected chi connectivity index (χ0v) is 18.3. The molecule has 28 heavy (non-hydrogen) atoms. The summed E-state index contributed by atoms with van der Waals surface area (Å²) in [7, 11) is -3.91. The summed E-state index contributed by atoms with van der Waals surface area (Å²) >= 11 is 7.99. The second-order valence-corrected chi connectivity index (χ2v) is 9.40. The number of sulfonamides is 1. The van der Waals surface area contributed by atoms with Crippen LogP contribution in [0.3, 0.4) is 0 Å². The Labute approximate surface area is 182 Å². The van der Waals surface area contributed by atoms with E-state index in [9.17, 15) is 13.2 Å². The standard InChI is InChI=1S/C20H16ClIN2O3S/c21-15-6-10-17(11-7-15)23-20(25)14-24(18-12-8-16(22)9-13-18)28(26,27)19-4-2-1-3-5-19/h1-13H,14H2,(H,23,25). The minimum Gasteiger partial charge on any atom is -0.325 e. The number of rotatable bonds is 6. The van der Waals surface area contributed by atoms with Crippen molar-refractivity contribution in [2.45, 2.75) is 4.90 Å². The predicted molar refractivity (Wildman–Crippen MR) is 120 cm³/mol. The lowest BCUT2D eigenvalue weighted by Gasteiger charge is -2.24. The van der Waals surface area contributed by atoms with Gasteiger partial charge in [-0.25, -0.2) is 8.42 Å². The summed E-state index contributed by atoms with van der Waals surface area (Å²) in [6, 6.07) is 21.6. The van der Waals surface area contributed by atoms with E-state index in [1.165, 1.54) is 12.1 Å². The molecule has 0 saturated carbocycles. The highest BCUT2D eigenvalue weighted by molar-refractivity contribution is 14.1. The summed E-state index contributed by atoms with van der Waals surface area (Å²) in [5.41, 5.74) is 0.949. The maximum absolute atomic E-state index is 13.2. The van der Waals surface area contributed by atoms with E-state index in [0.717, 1.165) is 7.88 Å². The monoisotopic (exact) mass is 526 g/mol. The van der Waals surface area contributed by atoms with E-state index in [1.54, 1.807) is 66.7 Å². The topological polar surface area (TPSA) is 66.5 Å². The van der Waals surface area contributed by atoms with Gasteiger partial charge in [-0.1, -0.05) is 29.8 Å². The summed E-state index contributed by atoms with van der Waals surface area (Å²) < 4.78 is 28.4. The Kier molecular flexibility index (Phi) is 6.58. The first-order valence-corrected chi connectivity index (χ1v) is 11.1. The number of carbonyl (C=O) groups excluding carboxylic acids is 1. The first kappa shape index (κ1) is 20.6. The van der Waals surface area contributed by atoms with E-state index >= 15 is 0 Å². The van der Waals surface area contributed by atoms with Crippen LogP contribution in [0.2, 0.25) is 5.02 Å². The fourth-order valence-electron chi connectivity index (χ4n) is 2.51. The van der Waals surface area contributed by atoms with Crippen molar-refractivity contribution in [1.29, 1.82) is 0 Å². The largest absolute Gasteiger partial charge is 0.325 e. The molecule has 0 unspecified atom stereocenters. The van der Waals surface area contributed by atoms with Crippen molar-refractivity contribution >= 4 is 61.5 Å². The Morgan fingerprint density at radius 1 is 0.929 bits per heavy atom. The van der Waals surface area contributed by atoms with E-state index < -0.39 is 15.9 Å². The Balaban J connectivity index is 1.91. The quantitative estimate of drug-likeness (QED) is 0.470. The molecule has 0 aliphatic carbocycles. The fourth-order valence-corrected chi connectivity index (χ4v) is 4.43. The molecule has 0 aliphatic heterocycles. The molecule has 0 spiro atoms. The fraction of sp³-hybridized carbons (Fsp3) is 0.0500. The number of carbonyl (C=O) groups is 1. The minimum absolute atomic E-state index is 0.118. The van der Waals surface area contributed by atoms with Gasteiger partial charge in [-0.3, -0.25) is 9.10 Å². The second-order valence-electron chi connectivity index (χ2n) is 5.86. The lowest BCUT2D eigenvalue weighted by atomic mass is 10.3. The molecule has 0 atom stereocenters. The third-order valence-corrected chi connectivity index (χ3v) is 6.62. The number of halogens is 2. The van der Waals surface area contributed by atoms with Gasteiger partial charge in [0.2, 0.25) is 5.91 Å². The Hall–Kier alpha value is -2.10. The molecule has 5 nitrogen and oxygen atoms in total. The number of hydrogen-bond acceptors (Lipinski definition) is 3. The number of hydrogen-bond donors (Lipinski definition) is 1. The molecule has 0 aliphatic rings. The van der Waals surface area contributed by atoms with E-state index in [0.29, 0.717) is 16.4 Å². The van der Waals surface area contributed by atoms with Crippen LogP contribution in [-0.4, -0.2) is 20.9 Å². The van der Waals surface area contributed by atoms with Gasteiger partial charge in [0, 0.05) is 14.3 Å². The third kappa shape index (κ3) is 5.03. The van der Waals surface area contributed by atoms with Crippen molar-refractivity contribution in [1.82, 2.24) is 0 Å². The predicted octanol–water partition coefficient (Wildman–Crippen LogP) is 4.78. The zero-order valence-electron chi connectivity index (χ0n) is 14.5. The molecule has 1 amide bonds. The molecule has 1 N–H and O–H groups in total. The third-order valence-electron chi connectivity index (χ3n) is 3.86. The van der Waals surface area contributed by atoms with E-state index in [-0.39, 0.29) is 11.4 Å². The van der Waals surface area contributed by atoms with Gasteiger partial charge in [0.25, 0.3) is 10.0 Å². The van der Waals surface area contributed by atoms with Crippen LogP contribution in [-0.2, 0) is 14.8 Å². The van der Waals surface area contributed by atoms with Crippen LogP contribution in [0.15, 0.2) is 83.8 Å². The van der Waals surface area contributed by atoms with Gasteiger partial charge in [0.15, 0.2) is 0 Å². The average molecular weight is 527 g/mol. The normalized spacial score (nSPS) is 11.1.